The maximum absolute atomic E-state index is 10.6. The van der Waals surface area contributed by atoms with Gasteiger partial charge in [-0.05, 0) is 43.4 Å². The Morgan fingerprint density at radius 3 is 2.67 bits per heavy atom. The zero-order valence-electron chi connectivity index (χ0n) is 10.3. The van der Waals surface area contributed by atoms with E-state index in [1.165, 1.54) is 0 Å². The van der Waals surface area contributed by atoms with E-state index >= 15 is 0 Å². The molecule has 0 radical (unpaired) electrons. The first kappa shape index (κ1) is 12.9. The lowest BCUT2D eigenvalue weighted by Gasteiger charge is -2.27. The van der Waals surface area contributed by atoms with Gasteiger partial charge in [-0.15, -0.1) is 0 Å². The molecule has 1 fully saturated rings. The summed E-state index contributed by atoms with van der Waals surface area (Å²) in [5.41, 5.74) is 6.70. The molecule has 4 nitrogen and oxygen atoms in total. The largest absolute Gasteiger partial charge is 0.490 e. The van der Waals surface area contributed by atoms with E-state index < -0.39 is 5.97 Å². The normalized spacial score (nSPS) is 23.6. The molecule has 0 bridgehead atoms. The molecule has 1 aromatic carbocycles. The van der Waals surface area contributed by atoms with E-state index in [2.05, 4.69) is 0 Å². The molecule has 0 amide bonds. The topological polar surface area (TPSA) is 72.5 Å². The maximum Gasteiger partial charge on any atom is 0.307 e. The standard InChI is InChI=1S/C14H19NO3/c15-11-2-1-3-13(9-11)18-12-6-4-10(5-7-12)8-14(16)17/h4-7,11,13H,1-3,8-9,15H2,(H,16,17). The van der Waals surface area contributed by atoms with Gasteiger partial charge in [0, 0.05) is 6.04 Å². The molecule has 18 heavy (non-hydrogen) atoms. The summed E-state index contributed by atoms with van der Waals surface area (Å²) < 4.78 is 5.86. The van der Waals surface area contributed by atoms with Crippen LogP contribution in [0, 0.1) is 0 Å². The van der Waals surface area contributed by atoms with Gasteiger partial charge in [0.2, 0.25) is 0 Å². The zero-order valence-corrected chi connectivity index (χ0v) is 10.3. The van der Waals surface area contributed by atoms with Crippen LogP contribution in [0.4, 0.5) is 0 Å². The van der Waals surface area contributed by atoms with Crippen molar-refractivity contribution in [1.29, 1.82) is 0 Å². The summed E-state index contributed by atoms with van der Waals surface area (Å²) in [7, 11) is 0. The second-order valence-electron chi connectivity index (χ2n) is 4.88. The van der Waals surface area contributed by atoms with Gasteiger partial charge in [0.15, 0.2) is 0 Å². The number of aliphatic carboxylic acids is 1. The van der Waals surface area contributed by atoms with E-state index in [1.807, 2.05) is 12.1 Å². The first-order valence-electron chi connectivity index (χ1n) is 6.36. The predicted molar refractivity (Wildman–Crippen MR) is 68.6 cm³/mol. The third kappa shape index (κ3) is 3.74. The third-order valence-corrected chi connectivity index (χ3v) is 3.25. The fraction of sp³-hybridized carbons (Fsp3) is 0.500. The molecule has 98 valence electrons. The summed E-state index contributed by atoms with van der Waals surface area (Å²) in [5.74, 6) is -0.0230. The second-order valence-corrected chi connectivity index (χ2v) is 4.88. The Bertz CT molecular complexity index is 402. The fourth-order valence-corrected chi connectivity index (χ4v) is 2.34. The van der Waals surface area contributed by atoms with E-state index in [1.54, 1.807) is 12.1 Å². The third-order valence-electron chi connectivity index (χ3n) is 3.25. The van der Waals surface area contributed by atoms with E-state index in [-0.39, 0.29) is 18.6 Å². The van der Waals surface area contributed by atoms with Gasteiger partial charge in [-0.3, -0.25) is 4.79 Å². The summed E-state index contributed by atoms with van der Waals surface area (Å²) in [4.78, 5) is 10.6. The van der Waals surface area contributed by atoms with Crippen LogP contribution in [0.5, 0.6) is 5.75 Å². The van der Waals surface area contributed by atoms with Crippen LogP contribution in [-0.4, -0.2) is 23.2 Å². The summed E-state index contributed by atoms with van der Waals surface area (Å²) >= 11 is 0. The highest BCUT2D eigenvalue weighted by Gasteiger charge is 2.20. The smallest absolute Gasteiger partial charge is 0.307 e. The molecule has 4 heteroatoms. The lowest BCUT2D eigenvalue weighted by atomic mass is 9.93. The highest BCUT2D eigenvalue weighted by Crippen LogP contribution is 2.23. The van der Waals surface area contributed by atoms with Crippen LogP contribution in [0.25, 0.3) is 0 Å². The molecule has 0 saturated heterocycles. The van der Waals surface area contributed by atoms with Crippen molar-refractivity contribution in [2.45, 2.75) is 44.2 Å². The number of nitrogens with two attached hydrogens (primary N) is 1. The average molecular weight is 249 g/mol. The van der Waals surface area contributed by atoms with Gasteiger partial charge in [-0.1, -0.05) is 12.1 Å². The van der Waals surface area contributed by atoms with Crippen LogP contribution in [0.1, 0.15) is 31.2 Å². The minimum Gasteiger partial charge on any atom is -0.490 e. The van der Waals surface area contributed by atoms with Crippen molar-refractivity contribution in [2.75, 3.05) is 0 Å². The summed E-state index contributed by atoms with van der Waals surface area (Å²) in [6.45, 7) is 0. The highest BCUT2D eigenvalue weighted by molar-refractivity contribution is 5.70. The SMILES string of the molecule is NC1CCCC(Oc2ccc(CC(=O)O)cc2)C1. The van der Waals surface area contributed by atoms with Crippen molar-refractivity contribution >= 4 is 5.97 Å². The molecular weight excluding hydrogens is 230 g/mol. The van der Waals surface area contributed by atoms with Crippen LogP contribution in [0.15, 0.2) is 24.3 Å². The molecular formula is C14H19NO3. The fourth-order valence-electron chi connectivity index (χ4n) is 2.34. The minimum atomic E-state index is -0.818. The Morgan fingerprint density at radius 1 is 1.33 bits per heavy atom. The first-order chi connectivity index (χ1) is 8.63. The quantitative estimate of drug-likeness (QED) is 0.855. The molecule has 1 aliphatic carbocycles. The van der Waals surface area contributed by atoms with Gasteiger partial charge in [-0.2, -0.15) is 0 Å². The molecule has 0 aromatic heterocycles. The van der Waals surface area contributed by atoms with Crippen LogP contribution < -0.4 is 10.5 Å². The molecule has 2 unspecified atom stereocenters. The van der Waals surface area contributed by atoms with Crippen molar-refractivity contribution in [2.24, 2.45) is 5.73 Å². The molecule has 0 aliphatic heterocycles. The molecule has 0 spiro atoms. The number of hydrogen-bond acceptors (Lipinski definition) is 3. The van der Waals surface area contributed by atoms with Gasteiger partial charge < -0.3 is 15.6 Å². The number of ether oxygens (including phenoxy) is 1. The summed E-state index contributed by atoms with van der Waals surface area (Å²) in [6, 6.07) is 7.50. The van der Waals surface area contributed by atoms with Gasteiger partial charge >= 0.3 is 5.97 Å². The predicted octanol–water partition coefficient (Wildman–Crippen LogP) is 1.96. The molecule has 1 saturated carbocycles. The Labute approximate surface area is 107 Å². The number of rotatable bonds is 4. The molecule has 2 atom stereocenters. The lowest BCUT2D eigenvalue weighted by Crippen LogP contribution is -2.33. The van der Waals surface area contributed by atoms with Crippen LogP contribution in [0.3, 0.4) is 0 Å². The van der Waals surface area contributed by atoms with Gasteiger partial charge in [0.25, 0.3) is 0 Å². The lowest BCUT2D eigenvalue weighted by molar-refractivity contribution is -0.136. The molecule has 3 N–H and O–H groups in total. The monoisotopic (exact) mass is 249 g/mol. The van der Waals surface area contributed by atoms with Crippen LogP contribution in [-0.2, 0) is 11.2 Å². The van der Waals surface area contributed by atoms with Crippen molar-refractivity contribution in [1.82, 2.24) is 0 Å². The van der Waals surface area contributed by atoms with E-state index in [4.69, 9.17) is 15.6 Å². The maximum atomic E-state index is 10.6. The number of carboxylic acids is 1. The second kappa shape index (κ2) is 5.87. The van der Waals surface area contributed by atoms with Gasteiger partial charge in [0.05, 0.1) is 6.42 Å². The number of benzene rings is 1. The minimum absolute atomic E-state index is 0.0502. The summed E-state index contributed by atoms with van der Waals surface area (Å²) in [6.07, 6.45) is 4.38. The molecule has 0 heterocycles. The Hall–Kier alpha value is -1.55. The first-order valence-corrected chi connectivity index (χ1v) is 6.36. The Morgan fingerprint density at radius 2 is 2.06 bits per heavy atom. The average Bonchev–Trinajstić information content (AvgIpc) is 2.31. The van der Waals surface area contributed by atoms with E-state index in [9.17, 15) is 4.79 Å². The molecule has 1 aliphatic rings. The zero-order chi connectivity index (χ0) is 13.0. The number of carboxylic acid groups (broad SMARTS) is 1. The van der Waals surface area contributed by atoms with Crippen molar-refractivity contribution in [3.8, 4) is 5.75 Å². The van der Waals surface area contributed by atoms with Crippen molar-refractivity contribution < 1.29 is 14.6 Å². The number of hydrogen-bond donors (Lipinski definition) is 2. The van der Waals surface area contributed by atoms with Gasteiger partial charge in [0.1, 0.15) is 11.9 Å². The number of carbonyl (C=O) groups is 1. The highest BCUT2D eigenvalue weighted by atomic mass is 16.5. The van der Waals surface area contributed by atoms with Crippen molar-refractivity contribution in [3.63, 3.8) is 0 Å². The summed E-state index contributed by atoms with van der Waals surface area (Å²) in [5, 5.41) is 8.68. The van der Waals surface area contributed by atoms with E-state index in [0.717, 1.165) is 37.0 Å². The van der Waals surface area contributed by atoms with Gasteiger partial charge in [-0.25, -0.2) is 0 Å². The van der Waals surface area contributed by atoms with E-state index in [0.29, 0.717) is 0 Å². The molecule has 2 rings (SSSR count). The Balaban J connectivity index is 1.91. The van der Waals surface area contributed by atoms with Crippen LogP contribution >= 0.6 is 0 Å². The molecule has 1 aromatic rings. The Kier molecular flexibility index (Phi) is 4.20. The van der Waals surface area contributed by atoms with Crippen LogP contribution in [0.2, 0.25) is 0 Å². The van der Waals surface area contributed by atoms with Crippen molar-refractivity contribution in [3.05, 3.63) is 29.8 Å².